The molecule has 0 atom stereocenters. The molecule has 1 heterocycles. The van der Waals surface area contributed by atoms with Gasteiger partial charge in [-0.3, -0.25) is 4.79 Å². The number of benzene rings is 3. The fraction of sp³-hybridized carbons (Fsp3) is 0.214. The van der Waals surface area contributed by atoms with E-state index in [2.05, 4.69) is 43.2 Å². The molecule has 4 rings (SSSR count). The first-order chi connectivity index (χ1) is 16.3. The second-order valence-corrected chi connectivity index (χ2v) is 9.96. The Balaban J connectivity index is 1.53. The first-order valence-electron chi connectivity index (χ1n) is 11.2. The molecule has 0 spiro atoms. The molecular formula is C28H29N3O2S. The number of thioether (sulfide) groups is 1. The molecule has 0 aliphatic carbocycles. The molecule has 0 fully saturated rings. The molecule has 0 saturated carbocycles. The van der Waals surface area contributed by atoms with Gasteiger partial charge in [0.15, 0.2) is 5.16 Å². The maximum atomic E-state index is 12.8. The number of nitrogens with zero attached hydrogens (tertiary/aromatic N) is 1. The summed E-state index contributed by atoms with van der Waals surface area (Å²) in [6, 6.07) is 26.1. The van der Waals surface area contributed by atoms with Gasteiger partial charge in [0, 0.05) is 11.1 Å². The van der Waals surface area contributed by atoms with Crippen molar-refractivity contribution in [1.82, 2.24) is 9.97 Å². The zero-order chi connectivity index (χ0) is 24.1. The van der Waals surface area contributed by atoms with E-state index in [0.29, 0.717) is 16.6 Å². The summed E-state index contributed by atoms with van der Waals surface area (Å²) >= 11 is 1.38. The summed E-state index contributed by atoms with van der Waals surface area (Å²) in [5, 5.41) is 3.70. The minimum absolute atomic E-state index is 0.0314. The number of carbonyl (C=O) groups is 1. The molecule has 0 unspecified atom stereocenters. The summed E-state index contributed by atoms with van der Waals surface area (Å²) < 4.78 is 5.45. The third-order valence-corrected chi connectivity index (χ3v) is 6.34. The Morgan fingerprint density at radius 2 is 1.62 bits per heavy atom. The van der Waals surface area contributed by atoms with Gasteiger partial charge in [-0.2, -0.15) is 0 Å². The van der Waals surface area contributed by atoms with Gasteiger partial charge in [0.05, 0.1) is 29.9 Å². The minimum atomic E-state index is -0.117. The van der Waals surface area contributed by atoms with Crippen molar-refractivity contribution >= 4 is 23.4 Å². The van der Waals surface area contributed by atoms with Crippen molar-refractivity contribution < 1.29 is 9.53 Å². The average molecular weight is 472 g/mol. The van der Waals surface area contributed by atoms with E-state index in [9.17, 15) is 4.79 Å². The van der Waals surface area contributed by atoms with Crippen LogP contribution in [-0.2, 0) is 10.2 Å². The number of anilines is 1. The Hall–Kier alpha value is -3.51. The monoisotopic (exact) mass is 471 g/mol. The molecule has 2 N–H and O–H groups in total. The molecule has 34 heavy (non-hydrogen) atoms. The lowest BCUT2D eigenvalue weighted by Crippen LogP contribution is -2.17. The van der Waals surface area contributed by atoms with Gasteiger partial charge in [0.25, 0.3) is 0 Å². The number of carbonyl (C=O) groups excluding carboxylic acids is 1. The number of imidazole rings is 1. The Morgan fingerprint density at radius 3 is 2.24 bits per heavy atom. The van der Waals surface area contributed by atoms with Gasteiger partial charge < -0.3 is 15.0 Å². The lowest BCUT2D eigenvalue weighted by molar-refractivity contribution is -0.113. The topological polar surface area (TPSA) is 67.0 Å². The second kappa shape index (κ2) is 10.2. The number of hydrogen-bond donors (Lipinski definition) is 2. The molecule has 3 aromatic carbocycles. The first kappa shape index (κ1) is 23.6. The van der Waals surface area contributed by atoms with Crippen molar-refractivity contribution in [1.29, 1.82) is 0 Å². The van der Waals surface area contributed by atoms with Crippen LogP contribution < -0.4 is 10.1 Å². The molecule has 174 valence electrons. The van der Waals surface area contributed by atoms with Crippen LogP contribution in [0.3, 0.4) is 0 Å². The quantitative estimate of drug-likeness (QED) is 0.292. The van der Waals surface area contributed by atoms with Gasteiger partial charge in [0.1, 0.15) is 5.75 Å². The number of aromatic nitrogens is 2. The normalized spacial score (nSPS) is 11.3. The summed E-state index contributed by atoms with van der Waals surface area (Å²) in [6.07, 6.45) is 0. The van der Waals surface area contributed by atoms with E-state index < -0.39 is 0 Å². The number of H-pyrrole nitrogens is 1. The van der Waals surface area contributed by atoms with Crippen LogP contribution in [0.15, 0.2) is 84.0 Å². The maximum absolute atomic E-state index is 12.8. The van der Waals surface area contributed by atoms with E-state index in [1.807, 2.05) is 66.7 Å². The molecule has 0 radical (unpaired) electrons. The summed E-state index contributed by atoms with van der Waals surface area (Å²) in [4.78, 5) is 21.1. The van der Waals surface area contributed by atoms with Gasteiger partial charge in [-0.25, -0.2) is 4.98 Å². The van der Waals surface area contributed by atoms with E-state index in [0.717, 1.165) is 28.1 Å². The smallest absolute Gasteiger partial charge is 0.234 e. The van der Waals surface area contributed by atoms with Gasteiger partial charge >= 0.3 is 0 Å². The number of rotatable bonds is 7. The van der Waals surface area contributed by atoms with Crippen LogP contribution >= 0.6 is 11.8 Å². The number of methoxy groups -OCH3 is 1. The summed E-state index contributed by atoms with van der Waals surface area (Å²) in [6.45, 7) is 6.42. The highest BCUT2D eigenvalue weighted by Gasteiger charge is 2.18. The lowest BCUT2D eigenvalue weighted by atomic mass is 9.87. The molecule has 0 aliphatic rings. The van der Waals surface area contributed by atoms with Crippen LogP contribution in [-0.4, -0.2) is 28.7 Å². The molecule has 1 aromatic heterocycles. The molecule has 0 saturated heterocycles. The summed E-state index contributed by atoms with van der Waals surface area (Å²) in [5.74, 6) is 0.745. The molecule has 0 aliphatic heterocycles. The van der Waals surface area contributed by atoms with Gasteiger partial charge in [-0.1, -0.05) is 99.3 Å². The first-order valence-corrected chi connectivity index (χ1v) is 12.2. The Kier molecular flexibility index (Phi) is 7.08. The van der Waals surface area contributed by atoms with Crippen molar-refractivity contribution in [3.8, 4) is 28.3 Å². The molecule has 6 heteroatoms. The SMILES string of the molecule is COc1ccc(C(C)(C)C)cc1NC(=O)CSc1nc(-c2ccccc2)c(-c2ccccc2)[nH]1. The third-order valence-electron chi connectivity index (χ3n) is 5.47. The van der Waals surface area contributed by atoms with Crippen molar-refractivity contribution in [3.05, 3.63) is 84.4 Å². The van der Waals surface area contributed by atoms with Gasteiger partial charge in [-0.05, 0) is 23.1 Å². The maximum Gasteiger partial charge on any atom is 0.234 e. The third kappa shape index (κ3) is 5.51. The lowest BCUT2D eigenvalue weighted by Gasteiger charge is -2.21. The van der Waals surface area contributed by atoms with E-state index >= 15 is 0 Å². The van der Waals surface area contributed by atoms with Crippen molar-refractivity contribution in [2.75, 3.05) is 18.2 Å². The van der Waals surface area contributed by atoms with Crippen molar-refractivity contribution in [2.45, 2.75) is 31.3 Å². The van der Waals surface area contributed by atoms with Crippen molar-refractivity contribution in [2.24, 2.45) is 0 Å². The van der Waals surface area contributed by atoms with Crippen LogP contribution in [0.25, 0.3) is 22.5 Å². The van der Waals surface area contributed by atoms with Crippen LogP contribution in [0.2, 0.25) is 0 Å². The van der Waals surface area contributed by atoms with Crippen LogP contribution in [0.4, 0.5) is 5.69 Å². The Bertz CT molecular complexity index is 1210. The Morgan fingerprint density at radius 1 is 0.971 bits per heavy atom. The molecule has 4 aromatic rings. The number of hydrogen-bond acceptors (Lipinski definition) is 4. The van der Waals surface area contributed by atoms with Crippen LogP contribution in [0, 0.1) is 0 Å². The Labute approximate surface area is 205 Å². The van der Waals surface area contributed by atoms with Crippen LogP contribution in [0.5, 0.6) is 5.75 Å². The van der Waals surface area contributed by atoms with Crippen molar-refractivity contribution in [3.63, 3.8) is 0 Å². The number of nitrogens with one attached hydrogen (secondary N) is 2. The fourth-order valence-electron chi connectivity index (χ4n) is 3.63. The second-order valence-electron chi connectivity index (χ2n) is 9.00. The fourth-order valence-corrected chi connectivity index (χ4v) is 4.30. The predicted molar refractivity (Wildman–Crippen MR) is 141 cm³/mol. The molecule has 1 amide bonds. The minimum Gasteiger partial charge on any atom is -0.495 e. The highest BCUT2D eigenvalue weighted by molar-refractivity contribution is 7.99. The predicted octanol–water partition coefficient (Wildman–Crippen LogP) is 6.78. The largest absolute Gasteiger partial charge is 0.495 e. The summed E-state index contributed by atoms with van der Waals surface area (Å²) in [7, 11) is 1.61. The zero-order valence-electron chi connectivity index (χ0n) is 19.9. The molecular weight excluding hydrogens is 442 g/mol. The average Bonchev–Trinajstić information content (AvgIpc) is 3.28. The summed E-state index contributed by atoms with van der Waals surface area (Å²) in [5.41, 5.74) is 5.66. The number of amides is 1. The zero-order valence-corrected chi connectivity index (χ0v) is 20.7. The van der Waals surface area contributed by atoms with Gasteiger partial charge in [-0.15, -0.1) is 0 Å². The van der Waals surface area contributed by atoms with E-state index in [-0.39, 0.29) is 17.1 Å². The van der Waals surface area contributed by atoms with Gasteiger partial charge in [0.2, 0.25) is 5.91 Å². The van der Waals surface area contributed by atoms with E-state index in [1.165, 1.54) is 11.8 Å². The molecule has 5 nitrogen and oxygen atoms in total. The number of aromatic amines is 1. The number of ether oxygens (including phenoxy) is 1. The molecule has 0 bridgehead atoms. The highest BCUT2D eigenvalue weighted by Crippen LogP contribution is 2.34. The highest BCUT2D eigenvalue weighted by atomic mass is 32.2. The van der Waals surface area contributed by atoms with E-state index in [1.54, 1.807) is 7.11 Å². The standard InChI is InChI=1S/C28H29N3O2S/c1-28(2,3)21-15-16-23(33-4)22(17-21)29-24(32)18-34-27-30-25(19-11-7-5-8-12-19)26(31-27)20-13-9-6-10-14-20/h5-17H,18H2,1-4H3,(H,29,32)(H,30,31). The van der Waals surface area contributed by atoms with E-state index in [4.69, 9.17) is 9.72 Å². The van der Waals surface area contributed by atoms with Crippen LogP contribution in [0.1, 0.15) is 26.3 Å².